The number of carbonyl (C=O) groups is 11. The molecule has 0 bridgehead atoms. The summed E-state index contributed by atoms with van der Waals surface area (Å²) in [6.07, 6.45) is 23.7. The maximum absolute atomic E-state index is 14.2. The number of anilines is 4. The minimum Gasteiger partial charge on any atom is -0.480 e. The summed E-state index contributed by atoms with van der Waals surface area (Å²) in [5.74, 6) is -3.36. The van der Waals surface area contributed by atoms with Gasteiger partial charge in [-0.15, -0.1) is 0 Å². The van der Waals surface area contributed by atoms with Gasteiger partial charge in [-0.1, -0.05) is 12.1 Å². The van der Waals surface area contributed by atoms with Crippen LogP contribution in [-0.2, 0) is 123 Å². The van der Waals surface area contributed by atoms with E-state index in [-0.39, 0.29) is 89.8 Å². The molecule has 37 heteroatoms. The third kappa shape index (κ3) is 19.6. The zero-order valence-electron chi connectivity index (χ0n) is 80.9. The number of nitrogens with one attached hydrogen (secondary N) is 6. The molecule has 33 nitrogen and oxygen atoms in total. The summed E-state index contributed by atoms with van der Waals surface area (Å²) in [4.78, 5) is 151. The number of carbonyl (C=O) groups excluding carboxylic acids is 9. The van der Waals surface area contributed by atoms with Crippen LogP contribution in [0.3, 0.4) is 0 Å². The molecule has 142 heavy (non-hydrogen) atoms. The summed E-state index contributed by atoms with van der Waals surface area (Å²) < 4.78 is 56.3. The van der Waals surface area contributed by atoms with Gasteiger partial charge in [0, 0.05) is 249 Å². The summed E-state index contributed by atoms with van der Waals surface area (Å²) in [7, 11) is -1.32. The van der Waals surface area contributed by atoms with Crippen molar-refractivity contribution in [2.45, 2.75) is 237 Å². The first-order valence-electron chi connectivity index (χ1n) is 49.6. The molecule has 1 radical (unpaired) electrons. The first-order valence-corrected chi connectivity index (χ1v) is 49.6. The second-order valence-corrected chi connectivity index (χ2v) is 38.9. The molecule has 0 saturated carbocycles. The molecule has 0 aliphatic carbocycles. The van der Waals surface area contributed by atoms with Crippen molar-refractivity contribution in [2.75, 3.05) is 98.6 Å². The van der Waals surface area contributed by atoms with Gasteiger partial charge in [-0.2, -0.15) is 0 Å². The van der Waals surface area contributed by atoms with E-state index in [1.807, 2.05) is 26.0 Å². The molecule has 13 aliphatic heterocycles. The average molecular weight is 1990 g/mol. The Hall–Kier alpha value is -13.0. The molecule has 753 valence electrons. The molecule has 14 heterocycles. The van der Waals surface area contributed by atoms with Crippen LogP contribution in [0.4, 0.5) is 31.4 Å². The maximum atomic E-state index is 14.2. The van der Waals surface area contributed by atoms with Gasteiger partial charge in [-0.3, -0.25) is 44.0 Å². The Morgan fingerprint density at radius 3 is 1.25 bits per heavy atom. The van der Waals surface area contributed by atoms with E-state index < -0.39 is 90.1 Å². The van der Waals surface area contributed by atoms with Crippen LogP contribution in [0.25, 0.3) is 6.08 Å². The number of fused-ring (bicyclic) bond motifs is 16. The molecule has 13 aliphatic rings. The zero-order chi connectivity index (χ0) is 98.4. The molecular weight excluding hydrogens is 1870 g/mol. The maximum Gasteiger partial charge on any atom is 0.609 e. The number of aromatic nitrogens is 1. The van der Waals surface area contributed by atoms with Crippen LogP contribution in [0.15, 0.2) is 84.6 Å². The van der Waals surface area contributed by atoms with Crippen LogP contribution in [0.2, 0.25) is 0 Å². The Morgan fingerprint density at radius 1 is 0.514 bits per heavy atom. The van der Waals surface area contributed by atoms with Gasteiger partial charge in [0.15, 0.2) is 16.9 Å². The number of hydroxylamine groups is 4. The molecule has 7 aromatic rings. The van der Waals surface area contributed by atoms with Crippen LogP contribution in [0.5, 0.6) is 23.0 Å². The van der Waals surface area contributed by atoms with E-state index in [0.717, 1.165) is 222 Å². The molecule has 2 spiro atoms. The van der Waals surface area contributed by atoms with Gasteiger partial charge in [-0.05, 0) is 257 Å². The normalized spacial score (nSPS) is 17.7. The summed E-state index contributed by atoms with van der Waals surface area (Å²) in [5.41, 5.74) is 21.2. The number of aryl methyl sites for hydroxylation is 6. The third-order valence-corrected chi connectivity index (χ3v) is 29.7. The van der Waals surface area contributed by atoms with Gasteiger partial charge in [-0.25, -0.2) is 29.3 Å². The first kappa shape index (κ1) is 102. The quantitative estimate of drug-likeness (QED) is 0.00716. The van der Waals surface area contributed by atoms with Gasteiger partial charge in [0.2, 0.25) is 29.5 Å². The van der Waals surface area contributed by atoms with Gasteiger partial charge in [0.1, 0.15) is 46.8 Å². The number of aliphatic carboxylic acids is 2. The Labute approximate surface area is 832 Å². The summed E-state index contributed by atoms with van der Waals surface area (Å²) in [5, 5.41) is 53.1. The van der Waals surface area contributed by atoms with Crippen molar-refractivity contribution in [3.8, 4) is 23.0 Å². The molecule has 0 saturated heterocycles. The number of hydrogen-bond acceptors (Lipinski definition) is 21. The number of rotatable bonds is 28. The predicted octanol–water partition coefficient (Wildman–Crippen LogP) is 11.9. The second-order valence-electron chi connectivity index (χ2n) is 38.9. The Bertz CT molecular complexity index is 6180. The Morgan fingerprint density at radius 2 is 0.894 bits per heavy atom. The number of carboxylic acids is 2. The van der Waals surface area contributed by atoms with E-state index in [1.165, 1.54) is 101 Å². The van der Waals surface area contributed by atoms with Gasteiger partial charge < -0.3 is 98.9 Å². The molecule has 6 aromatic carbocycles. The fraction of sp³-hybridized carbons (Fsp3) is 0.467. The SMILES string of the molecule is CC(=O)N(O)CCCC[C@H](NC(=O)c1ccc2c(c1)C(=O)OC21c2cc3c4c(c2Oc2c1cc1c5c2CCCN5CCC1)CCCN4CCC3)C(=O)O.CC(=O)NCCCC[C@H](NC(=O)c1ccc2c(c1)C(=O)OC21c2cc3c4c(c2Oc2c1cc1c5c2CCCN5CCC1)CCCN4CCC3)C(=O)O.CNC(=O)[C@H](CCCCN(O)C(C)=O)NC(=O)CCC1=[N+]([B-](F)F)C(=Cc2[nH]c(C)cc2C)C=C1.O.[Fe]. The number of nitrogens with zero attached hydrogens (tertiary/aromatic N) is 7. The largest absolute Gasteiger partial charge is 0.609 e. The summed E-state index contributed by atoms with van der Waals surface area (Å²) >= 11 is 0. The van der Waals surface area contributed by atoms with Crippen LogP contribution in [0.1, 0.15) is 279 Å². The third-order valence-electron chi connectivity index (χ3n) is 29.7. The number of amides is 7. The predicted molar refractivity (Wildman–Crippen MR) is 521 cm³/mol. The molecular formula is C105H123BF2FeN13O20. The number of H-pyrrole nitrogens is 1. The minimum atomic E-state index is -2.77. The van der Waals surface area contributed by atoms with Crippen molar-refractivity contribution in [1.29, 1.82) is 0 Å². The van der Waals surface area contributed by atoms with Crippen LogP contribution >= 0.6 is 0 Å². The van der Waals surface area contributed by atoms with Crippen molar-refractivity contribution in [3.63, 3.8) is 0 Å². The number of unbranched alkanes of at least 4 members (excludes halogenated alkanes) is 3. The van der Waals surface area contributed by atoms with E-state index >= 15 is 0 Å². The number of carboxylic acid groups (broad SMARTS) is 2. The fourth-order valence-electron chi connectivity index (χ4n) is 23.3. The standard InChI is InChI=1S/C41H44N4O8.C41H44N4O7.C23H32BF2N5O4.Fe.H2O/c1-23(46)45(51)19-3-2-12-33(39(48)49)42-38(47)26-13-14-30-29(20-26)40(50)53-41(30)31-21-24-8-4-15-43-17-6-10-27(34(24)43)36(31)52-37-28-11-7-18-44-16-5-9-25(35(28)44)22-32(37)41;1-23(46)42-15-3-2-12-33(39(48)49)43-38(47)26-13-14-30-29(20-26)40(50)52-41(30)31-21-24-8-4-16-44-18-6-10-27(34(24)44)36(31)51-37-28-11-7-19-45-17-5-9-25(35(28)45)22-32(37)41;1-15-13-16(2)28-21(15)14-19-9-8-18(31(19)24(25)26)10-11-22(33)29-20(23(34)27-4)7-5-6-12-30(35)17(3)32;;/h13-14,20-22,33,51H,2-12,15-19H2,1H3,(H,42,47)(H,48,49);13-14,20-22,33H,2-12,15-19H2,1H3,(H,42,46)(H,43,47)(H,48,49);8-9,13-14,20,28,35H,5-7,10-12H2,1-4H3,(H-,27,29,33,34);;1H2/q;;-1;;/p+1/t2*33-;20-;;/m000../s1. The Kier molecular flexibility index (Phi) is 30.6. The van der Waals surface area contributed by atoms with Crippen LogP contribution in [-0.4, -0.2) is 221 Å². The van der Waals surface area contributed by atoms with Crippen LogP contribution < -0.4 is 55.7 Å². The number of hydrogen-bond donors (Lipinski definition) is 10. The van der Waals surface area contributed by atoms with Crippen molar-refractivity contribution in [1.82, 2.24) is 41.7 Å². The molecule has 1 aromatic heterocycles. The fourth-order valence-corrected chi connectivity index (χ4v) is 23.3. The average Bonchev–Trinajstić information content (AvgIpc) is 1.44. The van der Waals surface area contributed by atoms with Crippen molar-refractivity contribution < 1.29 is 128 Å². The van der Waals surface area contributed by atoms with Crippen molar-refractivity contribution in [2.24, 2.45) is 0 Å². The minimum absolute atomic E-state index is 0. The molecule has 0 unspecified atom stereocenters. The number of halogens is 2. The molecule has 3 atom stereocenters. The number of aromatic amines is 1. The van der Waals surface area contributed by atoms with Crippen LogP contribution in [0, 0.1) is 13.8 Å². The Balaban J connectivity index is 0.000000156. The smallest absolute Gasteiger partial charge is 0.480 e. The molecule has 12 N–H and O–H groups in total. The zero-order valence-corrected chi connectivity index (χ0v) is 82.0. The molecule has 0 fully saturated rings. The molecule has 20 rings (SSSR count). The van der Waals surface area contributed by atoms with E-state index in [0.29, 0.717) is 89.7 Å². The van der Waals surface area contributed by atoms with E-state index in [1.54, 1.807) is 42.5 Å². The van der Waals surface area contributed by atoms with E-state index in [9.17, 15) is 82.0 Å². The monoisotopic (exact) mass is 1990 g/mol. The van der Waals surface area contributed by atoms with Gasteiger partial charge in [0.05, 0.1) is 11.1 Å². The van der Waals surface area contributed by atoms with Gasteiger partial charge in [0.25, 0.3) is 11.8 Å². The summed E-state index contributed by atoms with van der Waals surface area (Å²) in [6.45, 7) is 16.5. The number of likely N-dealkylation sites (N-methyl/N-ethyl adjacent to an activating group) is 1. The van der Waals surface area contributed by atoms with Crippen molar-refractivity contribution >= 4 is 107 Å². The number of allylic oxidation sites excluding steroid dienone is 2. The van der Waals surface area contributed by atoms with E-state index in [4.69, 9.17) is 18.9 Å². The second kappa shape index (κ2) is 42.7. The first-order chi connectivity index (χ1) is 67.4. The topological polar surface area (TPSA) is 435 Å². The van der Waals surface area contributed by atoms with E-state index in [2.05, 4.69) is 75.4 Å². The molecule has 7 amide bonds. The number of ether oxygens (including phenoxy) is 4. The van der Waals surface area contributed by atoms with Crippen molar-refractivity contribution in [3.05, 3.63) is 202 Å². The summed E-state index contributed by atoms with van der Waals surface area (Å²) in [6, 6.07) is 17.7. The van der Waals surface area contributed by atoms with Gasteiger partial charge >= 0.3 is 31.3 Å². The number of esters is 2. The number of benzene rings is 6.